The van der Waals surface area contributed by atoms with E-state index >= 15 is 0 Å². The largest absolute Gasteiger partial charge is 0.457 e. The van der Waals surface area contributed by atoms with Gasteiger partial charge in [0.15, 0.2) is 0 Å². The minimum absolute atomic E-state index is 0.00983. The van der Waals surface area contributed by atoms with Gasteiger partial charge < -0.3 is 10.1 Å². The summed E-state index contributed by atoms with van der Waals surface area (Å²) in [6.45, 7) is 4.00. The van der Waals surface area contributed by atoms with Crippen molar-refractivity contribution in [1.82, 2.24) is 9.78 Å². The van der Waals surface area contributed by atoms with Crippen LogP contribution in [0.3, 0.4) is 0 Å². The molecule has 0 atom stereocenters. The summed E-state index contributed by atoms with van der Waals surface area (Å²) >= 11 is 0. The Labute approximate surface area is 153 Å². The molecule has 26 heavy (non-hydrogen) atoms. The van der Waals surface area contributed by atoms with Crippen LogP contribution in [-0.2, 0) is 18.3 Å². The van der Waals surface area contributed by atoms with Gasteiger partial charge in [-0.15, -0.1) is 0 Å². The highest BCUT2D eigenvalue weighted by atomic mass is 16.5. The summed E-state index contributed by atoms with van der Waals surface area (Å²) in [5.41, 5.74) is 4.00. The van der Waals surface area contributed by atoms with Gasteiger partial charge in [0.2, 0.25) is 5.91 Å². The van der Waals surface area contributed by atoms with E-state index in [0.29, 0.717) is 12.8 Å². The molecule has 0 saturated carbocycles. The number of benzene rings is 2. The molecule has 0 unspecified atom stereocenters. The van der Waals surface area contributed by atoms with Crippen LogP contribution < -0.4 is 10.1 Å². The maximum atomic E-state index is 12.2. The number of para-hydroxylation sites is 1. The lowest BCUT2D eigenvalue weighted by Gasteiger charge is -2.08. The molecular weight excluding hydrogens is 326 g/mol. The maximum absolute atomic E-state index is 12.2. The molecule has 1 amide bonds. The summed E-state index contributed by atoms with van der Waals surface area (Å²) in [6, 6.07) is 17.0. The van der Waals surface area contributed by atoms with Crippen molar-refractivity contribution < 1.29 is 9.53 Å². The van der Waals surface area contributed by atoms with Gasteiger partial charge in [0.25, 0.3) is 0 Å². The van der Waals surface area contributed by atoms with Gasteiger partial charge in [-0.05, 0) is 62.2 Å². The second-order valence-corrected chi connectivity index (χ2v) is 6.26. The van der Waals surface area contributed by atoms with E-state index in [2.05, 4.69) is 10.4 Å². The Morgan fingerprint density at radius 3 is 2.31 bits per heavy atom. The molecule has 134 valence electrons. The second kappa shape index (κ2) is 7.87. The predicted octanol–water partition coefficient (Wildman–Crippen LogP) is 4.40. The Morgan fingerprint density at radius 2 is 1.69 bits per heavy atom. The number of aryl methyl sites for hydroxylation is 2. The van der Waals surface area contributed by atoms with Gasteiger partial charge in [-0.25, -0.2) is 0 Å². The lowest BCUT2D eigenvalue weighted by atomic mass is 10.1. The predicted molar refractivity (Wildman–Crippen MR) is 103 cm³/mol. The van der Waals surface area contributed by atoms with Crippen molar-refractivity contribution in [2.24, 2.45) is 7.05 Å². The molecule has 0 bridgehead atoms. The third-order valence-corrected chi connectivity index (χ3v) is 4.38. The van der Waals surface area contributed by atoms with Crippen LogP contribution >= 0.6 is 0 Å². The van der Waals surface area contributed by atoms with Crippen molar-refractivity contribution in [3.63, 3.8) is 0 Å². The fourth-order valence-electron chi connectivity index (χ4n) is 2.87. The van der Waals surface area contributed by atoms with Crippen LogP contribution in [-0.4, -0.2) is 15.7 Å². The van der Waals surface area contributed by atoms with E-state index < -0.39 is 0 Å². The molecule has 0 aliphatic carbocycles. The number of aromatic nitrogens is 2. The topological polar surface area (TPSA) is 56.2 Å². The highest BCUT2D eigenvalue weighted by Crippen LogP contribution is 2.23. The van der Waals surface area contributed by atoms with Gasteiger partial charge >= 0.3 is 0 Å². The molecule has 0 spiro atoms. The number of nitrogens with zero attached hydrogens (tertiary/aromatic N) is 2. The first-order chi connectivity index (χ1) is 12.5. The molecule has 1 N–H and O–H groups in total. The van der Waals surface area contributed by atoms with Gasteiger partial charge in [-0.1, -0.05) is 18.2 Å². The van der Waals surface area contributed by atoms with Gasteiger partial charge in [0.1, 0.15) is 11.5 Å². The summed E-state index contributed by atoms with van der Waals surface area (Å²) < 4.78 is 7.61. The highest BCUT2D eigenvalue weighted by Gasteiger charge is 2.11. The Morgan fingerprint density at radius 1 is 1.04 bits per heavy atom. The Bertz CT molecular complexity index is 884. The van der Waals surface area contributed by atoms with Crippen LogP contribution in [0.1, 0.15) is 23.4 Å². The van der Waals surface area contributed by atoms with E-state index in [-0.39, 0.29) is 5.91 Å². The molecule has 0 aliphatic rings. The average molecular weight is 349 g/mol. The standard InChI is InChI=1S/C21H23N3O2/c1-15-20(16(2)24(3)23-15)13-14-21(25)22-17-9-11-19(12-10-17)26-18-7-5-4-6-8-18/h4-12H,13-14H2,1-3H3,(H,22,25). The molecule has 3 aromatic rings. The van der Waals surface area contributed by atoms with E-state index in [9.17, 15) is 4.79 Å². The van der Waals surface area contributed by atoms with Gasteiger partial charge in [0, 0.05) is 24.8 Å². The summed E-state index contributed by atoms with van der Waals surface area (Å²) in [5, 5.41) is 7.31. The fourth-order valence-corrected chi connectivity index (χ4v) is 2.87. The molecule has 5 nitrogen and oxygen atoms in total. The van der Waals surface area contributed by atoms with E-state index in [1.807, 2.05) is 80.2 Å². The van der Waals surface area contributed by atoms with Gasteiger partial charge in [-0.3, -0.25) is 9.48 Å². The Hall–Kier alpha value is -3.08. The van der Waals surface area contributed by atoms with Crippen molar-refractivity contribution in [2.45, 2.75) is 26.7 Å². The molecule has 1 heterocycles. The zero-order chi connectivity index (χ0) is 18.5. The smallest absolute Gasteiger partial charge is 0.224 e. The summed E-state index contributed by atoms with van der Waals surface area (Å²) in [7, 11) is 1.92. The second-order valence-electron chi connectivity index (χ2n) is 6.26. The van der Waals surface area contributed by atoms with Gasteiger partial charge in [-0.2, -0.15) is 5.10 Å². The number of amides is 1. The fraction of sp³-hybridized carbons (Fsp3) is 0.238. The minimum atomic E-state index is -0.00983. The molecule has 5 heteroatoms. The zero-order valence-electron chi connectivity index (χ0n) is 15.3. The van der Waals surface area contributed by atoms with E-state index in [1.54, 1.807) is 0 Å². The highest BCUT2D eigenvalue weighted by molar-refractivity contribution is 5.90. The number of carbonyl (C=O) groups is 1. The van der Waals surface area contributed by atoms with E-state index in [4.69, 9.17) is 4.74 Å². The third-order valence-electron chi connectivity index (χ3n) is 4.38. The summed E-state index contributed by atoms with van der Waals surface area (Å²) in [5.74, 6) is 1.51. The number of rotatable bonds is 6. The van der Waals surface area contributed by atoms with Crippen molar-refractivity contribution in [3.8, 4) is 11.5 Å². The SMILES string of the molecule is Cc1nn(C)c(C)c1CCC(=O)Nc1ccc(Oc2ccccc2)cc1. The lowest BCUT2D eigenvalue weighted by Crippen LogP contribution is -2.12. The molecule has 3 rings (SSSR count). The number of hydrogen-bond acceptors (Lipinski definition) is 3. The van der Waals surface area contributed by atoms with Crippen LogP contribution in [0.2, 0.25) is 0 Å². The first kappa shape index (κ1) is 17.7. The van der Waals surface area contributed by atoms with Crippen molar-refractivity contribution in [1.29, 1.82) is 0 Å². The van der Waals surface area contributed by atoms with Crippen LogP contribution in [0.25, 0.3) is 0 Å². The van der Waals surface area contributed by atoms with Gasteiger partial charge in [0.05, 0.1) is 5.69 Å². The number of hydrogen-bond donors (Lipinski definition) is 1. The summed E-state index contributed by atoms with van der Waals surface area (Å²) in [6.07, 6.45) is 1.11. The third kappa shape index (κ3) is 4.30. The molecule has 1 aromatic heterocycles. The first-order valence-corrected chi connectivity index (χ1v) is 8.65. The lowest BCUT2D eigenvalue weighted by molar-refractivity contribution is -0.116. The Balaban J connectivity index is 1.54. The van der Waals surface area contributed by atoms with Crippen molar-refractivity contribution in [2.75, 3.05) is 5.32 Å². The van der Waals surface area contributed by atoms with Crippen LogP contribution in [0, 0.1) is 13.8 Å². The molecule has 0 aliphatic heterocycles. The number of nitrogens with one attached hydrogen (secondary N) is 1. The molecule has 2 aromatic carbocycles. The Kier molecular flexibility index (Phi) is 5.37. The van der Waals surface area contributed by atoms with E-state index in [0.717, 1.165) is 34.1 Å². The average Bonchev–Trinajstić information content (AvgIpc) is 2.88. The molecular formula is C21H23N3O2. The maximum Gasteiger partial charge on any atom is 0.224 e. The van der Waals surface area contributed by atoms with E-state index in [1.165, 1.54) is 0 Å². The molecule has 0 radical (unpaired) electrons. The molecule has 0 saturated heterocycles. The minimum Gasteiger partial charge on any atom is -0.457 e. The van der Waals surface area contributed by atoms with Crippen LogP contribution in [0.5, 0.6) is 11.5 Å². The summed E-state index contributed by atoms with van der Waals surface area (Å²) in [4.78, 5) is 12.2. The van der Waals surface area contributed by atoms with Crippen molar-refractivity contribution >= 4 is 11.6 Å². The molecule has 0 fully saturated rings. The van der Waals surface area contributed by atoms with Crippen molar-refractivity contribution in [3.05, 3.63) is 71.5 Å². The normalized spacial score (nSPS) is 10.6. The van der Waals surface area contributed by atoms with Crippen LogP contribution in [0.4, 0.5) is 5.69 Å². The number of carbonyl (C=O) groups excluding carboxylic acids is 1. The zero-order valence-corrected chi connectivity index (χ0v) is 15.3. The first-order valence-electron chi connectivity index (χ1n) is 8.65. The monoisotopic (exact) mass is 349 g/mol. The van der Waals surface area contributed by atoms with Crippen LogP contribution in [0.15, 0.2) is 54.6 Å². The number of anilines is 1. The quantitative estimate of drug-likeness (QED) is 0.717. The number of ether oxygens (including phenoxy) is 1.